The van der Waals surface area contributed by atoms with Gasteiger partial charge in [0.15, 0.2) is 11.5 Å². The highest BCUT2D eigenvalue weighted by atomic mass is 16.5. The first-order valence-electron chi connectivity index (χ1n) is 8.14. The molecule has 0 spiro atoms. The van der Waals surface area contributed by atoms with E-state index in [2.05, 4.69) is 16.0 Å². The number of urea groups is 1. The molecule has 1 aliphatic heterocycles. The second kappa shape index (κ2) is 9.12. The van der Waals surface area contributed by atoms with Gasteiger partial charge in [0.1, 0.15) is 0 Å². The highest BCUT2D eigenvalue weighted by molar-refractivity contribution is 5.95. The van der Waals surface area contributed by atoms with E-state index in [1.165, 1.54) is 0 Å². The maximum atomic E-state index is 12.0. The van der Waals surface area contributed by atoms with Crippen molar-refractivity contribution in [3.05, 3.63) is 23.8 Å². The molecule has 3 amide bonds. The first kappa shape index (κ1) is 18.1. The smallest absolute Gasteiger partial charge is 0.321 e. The fraction of sp³-hybridized carbons (Fsp3) is 0.529. The van der Waals surface area contributed by atoms with Crippen molar-refractivity contribution in [1.29, 1.82) is 0 Å². The number of rotatable bonds is 6. The maximum Gasteiger partial charge on any atom is 0.321 e. The molecule has 1 heterocycles. The van der Waals surface area contributed by atoms with Crippen molar-refractivity contribution in [1.82, 2.24) is 16.0 Å². The summed E-state index contributed by atoms with van der Waals surface area (Å²) in [5.74, 6) is 1.04. The van der Waals surface area contributed by atoms with E-state index in [-0.39, 0.29) is 11.8 Å². The molecule has 0 unspecified atom stereocenters. The molecular formula is C17H25N3O4. The molecule has 0 aliphatic carbocycles. The summed E-state index contributed by atoms with van der Waals surface area (Å²) in [4.78, 5) is 23.8. The summed E-state index contributed by atoms with van der Waals surface area (Å²) >= 11 is 0. The van der Waals surface area contributed by atoms with Gasteiger partial charge in [-0.05, 0) is 50.0 Å². The van der Waals surface area contributed by atoms with Gasteiger partial charge in [0, 0.05) is 12.5 Å². The molecular weight excluding hydrogens is 310 g/mol. The second-order valence-electron chi connectivity index (χ2n) is 5.71. The lowest BCUT2D eigenvalue weighted by Gasteiger charge is -2.21. The Balaban J connectivity index is 1.75. The third kappa shape index (κ3) is 5.13. The van der Waals surface area contributed by atoms with E-state index in [4.69, 9.17) is 9.47 Å². The quantitative estimate of drug-likeness (QED) is 0.724. The molecule has 0 radical (unpaired) electrons. The van der Waals surface area contributed by atoms with Gasteiger partial charge in [0.2, 0.25) is 5.91 Å². The molecule has 24 heavy (non-hydrogen) atoms. The van der Waals surface area contributed by atoms with E-state index in [0.29, 0.717) is 24.5 Å². The number of benzene rings is 1. The summed E-state index contributed by atoms with van der Waals surface area (Å²) in [6.45, 7) is 2.07. The van der Waals surface area contributed by atoms with E-state index in [0.717, 1.165) is 31.5 Å². The van der Waals surface area contributed by atoms with Crippen LogP contribution in [0.15, 0.2) is 18.2 Å². The van der Waals surface area contributed by atoms with Crippen LogP contribution in [0.3, 0.4) is 0 Å². The summed E-state index contributed by atoms with van der Waals surface area (Å²) in [7, 11) is 3.17. The highest BCUT2D eigenvalue weighted by Gasteiger charge is 2.22. The Morgan fingerprint density at radius 2 is 1.88 bits per heavy atom. The Morgan fingerprint density at radius 3 is 2.54 bits per heavy atom. The molecule has 132 valence electrons. The molecule has 1 aromatic rings. The van der Waals surface area contributed by atoms with Crippen LogP contribution in [0, 0.1) is 5.92 Å². The number of carbonyl (C=O) groups is 2. The van der Waals surface area contributed by atoms with Gasteiger partial charge < -0.3 is 20.1 Å². The summed E-state index contributed by atoms with van der Waals surface area (Å²) in [5.41, 5.74) is 1.01. The lowest BCUT2D eigenvalue weighted by Crippen LogP contribution is -2.45. The summed E-state index contributed by atoms with van der Waals surface area (Å²) in [6.07, 6.45) is 2.17. The van der Waals surface area contributed by atoms with E-state index in [1.54, 1.807) is 14.2 Å². The molecule has 1 fully saturated rings. The molecule has 0 saturated carbocycles. The number of nitrogens with one attached hydrogen (secondary N) is 3. The zero-order valence-corrected chi connectivity index (χ0v) is 14.2. The van der Waals surface area contributed by atoms with Crippen LogP contribution in [0.25, 0.3) is 0 Å². The minimum Gasteiger partial charge on any atom is -0.493 e. The lowest BCUT2D eigenvalue weighted by atomic mass is 9.97. The van der Waals surface area contributed by atoms with Crippen LogP contribution in [-0.4, -0.2) is 45.8 Å². The third-order valence-corrected chi connectivity index (χ3v) is 4.09. The second-order valence-corrected chi connectivity index (χ2v) is 5.71. The first-order chi connectivity index (χ1) is 11.6. The fourth-order valence-electron chi connectivity index (χ4n) is 2.70. The zero-order valence-electron chi connectivity index (χ0n) is 14.2. The summed E-state index contributed by atoms with van der Waals surface area (Å²) in [5, 5.41) is 8.32. The molecule has 7 heteroatoms. The van der Waals surface area contributed by atoms with Gasteiger partial charge in [-0.2, -0.15) is 0 Å². The number of imide groups is 1. The number of hydrogen-bond acceptors (Lipinski definition) is 5. The van der Waals surface area contributed by atoms with E-state index in [9.17, 15) is 9.59 Å². The van der Waals surface area contributed by atoms with E-state index >= 15 is 0 Å². The highest BCUT2D eigenvalue weighted by Crippen LogP contribution is 2.27. The molecule has 0 bridgehead atoms. The van der Waals surface area contributed by atoms with Gasteiger partial charge in [-0.1, -0.05) is 6.07 Å². The Bertz CT molecular complexity index is 571. The molecule has 0 aromatic heterocycles. The molecule has 1 saturated heterocycles. The number of methoxy groups -OCH3 is 2. The normalized spacial score (nSPS) is 14.8. The maximum absolute atomic E-state index is 12.0. The van der Waals surface area contributed by atoms with Gasteiger partial charge in [0.25, 0.3) is 0 Å². The molecule has 7 nitrogen and oxygen atoms in total. The first-order valence-corrected chi connectivity index (χ1v) is 8.14. The SMILES string of the molecule is COc1ccc(CCNC(=O)NC(=O)C2CCNCC2)cc1OC. The van der Waals surface area contributed by atoms with E-state index in [1.807, 2.05) is 18.2 Å². The van der Waals surface area contributed by atoms with Crippen LogP contribution >= 0.6 is 0 Å². The Labute approximate surface area is 142 Å². The lowest BCUT2D eigenvalue weighted by molar-refractivity contribution is -0.124. The standard InChI is InChI=1S/C17H25N3O4/c1-23-14-4-3-12(11-15(14)24-2)5-10-19-17(22)20-16(21)13-6-8-18-9-7-13/h3-4,11,13,18H,5-10H2,1-2H3,(H2,19,20,21,22). The van der Waals surface area contributed by atoms with Crippen LogP contribution in [0.4, 0.5) is 4.79 Å². The molecule has 2 rings (SSSR count). The van der Waals surface area contributed by atoms with Crippen molar-refractivity contribution in [2.24, 2.45) is 5.92 Å². The Kier molecular flexibility index (Phi) is 6.87. The van der Waals surface area contributed by atoms with Gasteiger partial charge in [-0.15, -0.1) is 0 Å². The van der Waals surface area contributed by atoms with Gasteiger partial charge in [0.05, 0.1) is 14.2 Å². The van der Waals surface area contributed by atoms with Gasteiger partial charge >= 0.3 is 6.03 Å². The average molecular weight is 335 g/mol. The number of amides is 3. The van der Waals surface area contributed by atoms with Crippen LogP contribution < -0.4 is 25.4 Å². The van der Waals surface area contributed by atoms with Crippen molar-refractivity contribution in [2.75, 3.05) is 33.9 Å². The van der Waals surface area contributed by atoms with Crippen molar-refractivity contribution in [3.8, 4) is 11.5 Å². The monoisotopic (exact) mass is 335 g/mol. The third-order valence-electron chi connectivity index (χ3n) is 4.09. The van der Waals surface area contributed by atoms with E-state index < -0.39 is 6.03 Å². The number of ether oxygens (including phenoxy) is 2. The largest absolute Gasteiger partial charge is 0.493 e. The van der Waals surface area contributed by atoms with Crippen molar-refractivity contribution in [3.63, 3.8) is 0 Å². The molecule has 3 N–H and O–H groups in total. The Morgan fingerprint density at radius 1 is 1.17 bits per heavy atom. The van der Waals surface area contributed by atoms with Crippen molar-refractivity contribution >= 4 is 11.9 Å². The minimum absolute atomic E-state index is 0.0807. The molecule has 1 aromatic carbocycles. The molecule has 1 aliphatic rings. The van der Waals surface area contributed by atoms with Crippen LogP contribution in [-0.2, 0) is 11.2 Å². The van der Waals surface area contributed by atoms with Crippen LogP contribution in [0.1, 0.15) is 18.4 Å². The van der Waals surface area contributed by atoms with Crippen molar-refractivity contribution < 1.29 is 19.1 Å². The average Bonchev–Trinajstić information content (AvgIpc) is 2.62. The van der Waals surface area contributed by atoms with Gasteiger partial charge in [-0.3, -0.25) is 10.1 Å². The number of piperidine rings is 1. The predicted octanol–water partition coefficient (Wildman–Crippen LogP) is 1.07. The predicted molar refractivity (Wildman–Crippen MR) is 90.4 cm³/mol. The summed E-state index contributed by atoms with van der Waals surface area (Å²) in [6, 6.07) is 5.17. The minimum atomic E-state index is -0.445. The number of hydrogen-bond donors (Lipinski definition) is 3. The number of carbonyl (C=O) groups excluding carboxylic acids is 2. The Hall–Kier alpha value is -2.28. The van der Waals surface area contributed by atoms with Crippen LogP contribution in [0.5, 0.6) is 11.5 Å². The summed E-state index contributed by atoms with van der Waals surface area (Å²) < 4.78 is 10.4. The zero-order chi connectivity index (χ0) is 17.4. The van der Waals surface area contributed by atoms with Crippen molar-refractivity contribution in [2.45, 2.75) is 19.3 Å². The fourth-order valence-corrected chi connectivity index (χ4v) is 2.70. The topological polar surface area (TPSA) is 88.7 Å². The van der Waals surface area contributed by atoms with Gasteiger partial charge in [-0.25, -0.2) is 4.79 Å². The van der Waals surface area contributed by atoms with Crippen LogP contribution in [0.2, 0.25) is 0 Å². The molecule has 0 atom stereocenters.